The Kier molecular flexibility index (Phi) is 3.87. The Morgan fingerprint density at radius 1 is 1.35 bits per heavy atom. The second kappa shape index (κ2) is 5.58. The van der Waals surface area contributed by atoms with Crippen LogP contribution in [-0.4, -0.2) is 19.7 Å². The zero-order valence-electron chi connectivity index (χ0n) is 8.84. The molecule has 0 saturated heterocycles. The molecule has 0 saturated carbocycles. The first kappa shape index (κ1) is 11.8. The number of nitrogens with one attached hydrogen (secondary N) is 1. The molecule has 2 heterocycles. The molecule has 0 radical (unpaired) electrons. The predicted octanol–water partition coefficient (Wildman–Crippen LogP) is 1.93. The van der Waals surface area contributed by atoms with Crippen molar-refractivity contribution in [3.05, 3.63) is 28.4 Å². The maximum absolute atomic E-state index is 8.47. The third-order valence-corrected chi connectivity index (χ3v) is 2.52. The van der Waals surface area contributed by atoms with E-state index in [0.717, 1.165) is 9.26 Å². The van der Waals surface area contributed by atoms with E-state index in [2.05, 4.69) is 49.0 Å². The zero-order chi connectivity index (χ0) is 12.1. The van der Waals surface area contributed by atoms with E-state index in [-0.39, 0.29) is 0 Å². The number of nitriles is 1. The van der Waals surface area contributed by atoms with Gasteiger partial charge in [0.2, 0.25) is 5.95 Å². The molecule has 0 aliphatic rings. The highest BCUT2D eigenvalue weighted by Gasteiger charge is 2.00. The van der Waals surface area contributed by atoms with Crippen LogP contribution >= 0.6 is 22.6 Å². The van der Waals surface area contributed by atoms with E-state index in [0.29, 0.717) is 18.9 Å². The lowest BCUT2D eigenvalue weighted by Crippen LogP contribution is -1.97. The molecule has 0 spiro atoms. The maximum Gasteiger partial charge on any atom is 0.227 e. The summed E-state index contributed by atoms with van der Waals surface area (Å²) >= 11 is 2.15. The zero-order valence-corrected chi connectivity index (χ0v) is 11.0. The van der Waals surface area contributed by atoms with Crippen molar-refractivity contribution in [2.45, 2.75) is 13.0 Å². The van der Waals surface area contributed by atoms with Crippen molar-refractivity contribution in [3.63, 3.8) is 0 Å². The predicted molar refractivity (Wildman–Crippen MR) is 70.5 cm³/mol. The van der Waals surface area contributed by atoms with Gasteiger partial charge < -0.3 is 5.32 Å². The third-order valence-electron chi connectivity index (χ3n) is 1.96. The van der Waals surface area contributed by atoms with Crippen LogP contribution in [0.1, 0.15) is 6.42 Å². The number of hydrogen-bond donors (Lipinski definition) is 1. The number of aryl methyl sites for hydroxylation is 1. The van der Waals surface area contributed by atoms with Crippen LogP contribution in [0, 0.1) is 14.9 Å². The molecular weight excluding hydrogens is 331 g/mol. The SMILES string of the molecule is N#CCCn1cc(Nc2ncc(I)cn2)cn1. The van der Waals surface area contributed by atoms with E-state index in [1.807, 2.05) is 6.20 Å². The Morgan fingerprint density at radius 3 is 2.82 bits per heavy atom. The van der Waals surface area contributed by atoms with Gasteiger partial charge in [-0.2, -0.15) is 10.4 Å². The first-order chi connectivity index (χ1) is 8.28. The Bertz CT molecular complexity index is 526. The average molecular weight is 340 g/mol. The summed E-state index contributed by atoms with van der Waals surface area (Å²) in [5, 5.41) is 15.6. The molecule has 6 nitrogen and oxygen atoms in total. The van der Waals surface area contributed by atoms with Crippen LogP contribution in [-0.2, 0) is 6.54 Å². The number of rotatable bonds is 4. The van der Waals surface area contributed by atoms with Gasteiger partial charge in [-0.3, -0.25) is 4.68 Å². The molecule has 0 fully saturated rings. The quantitative estimate of drug-likeness (QED) is 0.861. The van der Waals surface area contributed by atoms with Crippen LogP contribution in [0.3, 0.4) is 0 Å². The summed E-state index contributed by atoms with van der Waals surface area (Å²) in [6.45, 7) is 0.589. The van der Waals surface area contributed by atoms with Crippen LogP contribution in [0.25, 0.3) is 0 Å². The molecule has 0 aromatic carbocycles. The number of nitrogens with zero attached hydrogens (tertiary/aromatic N) is 5. The van der Waals surface area contributed by atoms with Gasteiger partial charge in [-0.15, -0.1) is 0 Å². The van der Waals surface area contributed by atoms with Crippen molar-refractivity contribution in [2.75, 3.05) is 5.32 Å². The Morgan fingerprint density at radius 2 is 2.12 bits per heavy atom. The highest BCUT2D eigenvalue weighted by Crippen LogP contribution is 2.11. The molecule has 0 unspecified atom stereocenters. The summed E-state index contributed by atoms with van der Waals surface area (Å²) in [6.07, 6.45) is 7.41. The molecule has 86 valence electrons. The Hall–Kier alpha value is -1.69. The van der Waals surface area contributed by atoms with Gasteiger partial charge in [-0.25, -0.2) is 9.97 Å². The second-order valence-corrected chi connectivity index (χ2v) is 4.50. The summed E-state index contributed by atoms with van der Waals surface area (Å²) in [5.74, 6) is 0.533. The van der Waals surface area contributed by atoms with E-state index >= 15 is 0 Å². The minimum absolute atomic E-state index is 0.446. The van der Waals surface area contributed by atoms with E-state index in [9.17, 15) is 0 Å². The molecule has 2 aromatic rings. The topological polar surface area (TPSA) is 79.4 Å². The summed E-state index contributed by atoms with van der Waals surface area (Å²) in [7, 11) is 0. The molecule has 2 rings (SSSR count). The van der Waals surface area contributed by atoms with Gasteiger partial charge in [0.05, 0.1) is 30.9 Å². The molecule has 0 atom stereocenters. The molecule has 17 heavy (non-hydrogen) atoms. The third kappa shape index (κ3) is 3.39. The number of hydrogen-bond acceptors (Lipinski definition) is 5. The fraction of sp³-hybridized carbons (Fsp3) is 0.200. The molecular formula is C10H9IN6. The van der Waals surface area contributed by atoms with Crippen LogP contribution in [0.5, 0.6) is 0 Å². The van der Waals surface area contributed by atoms with Crippen LogP contribution < -0.4 is 5.32 Å². The van der Waals surface area contributed by atoms with Gasteiger partial charge in [-0.1, -0.05) is 0 Å². The molecule has 2 aromatic heterocycles. The van der Waals surface area contributed by atoms with E-state index in [1.54, 1.807) is 23.3 Å². The van der Waals surface area contributed by atoms with Gasteiger partial charge in [-0.05, 0) is 22.6 Å². The monoisotopic (exact) mass is 340 g/mol. The molecule has 1 N–H and O–H groups in total. The van der Waals surface area contributed by atoms with Crippen LogP contribution in [0.15, 0.2) is 24.8 Å². The lowest BCUT2D eigenvalue weighted by Gasteiger charge is -2.00. The minimum atomic E-state index is 0.446. The van der Waals surface area contributed by atoms with Gasteiger partial charge in [0.15, 0.2) is 0 Å². The summed E-state index contributed by atoms with van der Waals surface area (Å²) in [5.41, 5.74) is 0.809. The molecule has 0 aliphatic carbocycles. The Balaban J connectivity index is 2.01. The lowest BCUT2D eigenvalue weighted by atomic mass is 10.5. The summed E-state index contributed by atoms with van der Waals surface area (Å²) in [6, 6.07) is 2.07. The maximum atomic E-state index is 8.47. The average Bonchev–Trinajstić information content (AvgIpc) is 2.77. The van der Waals surface area contributed by atoms with Crippen molar-refractivity contribution in [1.82, 2.24) is 19.7 Å². The lowest BCUT2D eigenvalue weighted by molar-refractivity contribution is 0.628. The van der Waals surface area contributed by atoms with E-state index in [4.69, 9.17) is 5.26 Å². The fourth-order valence-electron chi connectivity index (χ4n) is 1.22. The summed E-state index contributed by atoms with van der Waals surface area (Å²) in [4.78, 5) is 8.25. The van der Waals surface area contributed by atoms with E-state index < -0.39 is 0 Å². The van der Waals surface area contributed by atoms with Gasteiger partial charge >= 0.3 is 0 Å². The van der Waals surface area contributed by atoms with Crippen molar-refractivity contribution in [2.24, 2.45) is 0 Å². The largest absolute Gasteiger partial charge is 0.321 e. The highest BCUT2D eigenvalue weighted by atomic mass is 127. The molecule has 7 heteroatoms. The van der Waals surface area contributed by atoms with Crippen molar-refractivity contribution >= 4 is 34.2 Å². The second-order valence-electron chi connectivity index (χ2n) is 3.25. The van der Waals surface area contributed by atoms with Crippen molar-refractivity contribution < 1.29 is 0 Å². The van der Waals surface area contributed by atoms with Gasteiger partial charge in [0, 0.05) is 22.2 Å². The van der Waals surface area contributed by atoms with Crippen LogP contribution in [0.2, 0.25) is 0 Å². The number of anilines is 2. The van der Waals surface area contributed by atoms with Crippen molar-refractivity contribution in [1.29, 1.82) is 5.26 Å². The van der Waals surface area contributed by atoms with Gasteiger partial charge in [0.1, 0.15) is 0 Å². The van der Waals surface area contributed by atoms with Crippen molar-refractivity contribution in [3.8, 4) is 6.07 Å². The summed E-state index contributed by atoms with van der Waals surface area (Å²) < 4.78 is 2.69. The molecule has 0 amide bonds. The normalized spacial score (nSPS) is 9.88. The first-order valence-corrected chi connectivity index (χ1v) is 6.00. The van der Waals surface area contributed by atoms with E-state index in [1.165, 1.54) is 0 Å². The number of halogens is 1. The van der Waals surface area contributed by atoms with Crippen LogP contribution in [0.4, 0.5) is 11.6 Å². The first-order valence-electron chi connectivity index (χ1n) is 4.92. The minimum Gasteiger partial charge on any atom is -0.321 e. The highest BCUT2D eigenvalue weighted by molar-refractivity contribution is 14.1. The fourth-order valence-corrected chi connectivity index (χ4v) is 1.50. The molecule has 0 bridgehead atoms. The standard InChI is InChI=1S/C10H9IN6/c11-8-4-13-10(14-5-8)16-9-6-15-17(7-9)3-1-2-12/h4-7H,1,3H2,(H,13,14,16). The molecule has 0 aliphatic heterocycles. The smallest absolute Gasteiger partial charge is 0.227 e. The van der Waals surface area contributed by atoms with Gasteiger partial charge in [0.25, 0.3) is 0 Å². The Labute approximate surface area is 112 Å². The number of aromatic nitrogens is 4.